The second kappa shape index (κ2) is 6.89. The highest BCUT2D eigenvalue weighted by molar-refractivity contribution is 6.04. The van der Waals surface area contributed by atoms with Crippen LogP contribution in [0.4, 0.5) is 0 Å². The molecule has 3 heterocycles. The molecular formula is C27H25N3O. The maximum Gasteiger partial charge on any atom is 0.164 e. The summed E-state index contributed by atoms with van der Waals surface area (Å²) in [4.78, 5) is 23.2. The van der Waals surface area contributed by atoms with Gasteiger partial charge in [0, 0.05) is 46.3 Å². The fourth-order valence-corrected chi connectivity index (χ4v) is 5.41. The smallest absolute Gasteiger partial charge is 0.164 e. The van der Waals surface area contributed by atoms with E-state index in [1.165, 1.54) is 5.56 Å². The molecule has 0 bridgehead atoms. The highest BCUT2D eigenvalue weighted by atomic mass is 16.1. The van der Waals surface area contributed by atoms with Gasteiger partial charge in [0.1, 0.15) is 5.65 Å². The number of Topliss-reactive ketones (excluding diaryl/α,β-unsaturated/α-hetero) is 1. The first kappa shape index (κ1) is 18.5. The Morgan fingerprint density at radius 2 is 1.74 bits per heavy atom. The van der Waals surface area contributed by atoms with Crippen LogP contribution >= 0.6 is 0 Å². The molecule has 2 aromatic carbocycles. The van der Waals surface area contributed by atoms with Crippen LogP contribution in [0.25, 0.3) is 33.3 Å². The van der Waals surface area contributed by atoms with Crippen LogP contribution in [0.15, 0.2) is 67.0 Å². The molecule has 0 amide bonds. The van der Waals surface area contributed by atoms with Crippen molar-refractivity contribution in [3.05, 3.63) is 78.1 Å². The zero-order valence-electron chi connectivity index (χ0n) is 17.7. The number of fused-ring (bicyclic) bond motifs is 3. The largest absolute Gasteiger partial charge is 0.346 e. The second-order valence-corrected chi connectivity index (χ2v) is 9.13. The minimum Gasteiger partial charge on any atom is -0.346 e. The van der Waals surface area contributed by atoms with Gasteiger partial charge in [-0.2, -0.15) is 0 Å². The summed E-state index contributed by atoms with van der Waals surface area (Å²) in [6.07, 6.45) is 6.74. The molecule has 1 spiro atoms. The Morgan fingerprint density at radius 3 is 2.55 bits per heavy atom. The van der Waals surface area contributed by atoms with E-state index in [9.17, 15) is 4.79 Å². The van der Waals surface area contributed by atoms with E-state index in [1.54, 1.807) is 0 Å². The predicted molar refractivity (Wildman–Crippen MR) is 124 cm³/mol. The molecule has 0 radical (unpaired) electrons. The van der Waals surface area contributed by atoms with Crippen molar-refractivity contribution in [3.8, 4) is 22.3 Å². The lowest BCUT2D eigenvalue weighted by Crippen LogP contribution is -2.39. The Kier molecular flexibility index (Phi) is 4.12. The van der Waals surface area contributed by atoms with Gasteiger partial charge in [-0.05, 0) is 61.8 Å². The number of pyridine rings is 1. The molecule has 1 aliphatic carbocycles. The Bertz CT molecular complexity index is 1300. The fourth-order valence-electron chi connectivity index (χ4n) is 5.41. The van der Waals surface area contributed by atoms with Gasteiger partial charge in [-0.25, -0.2) is 4.98 Å². The lowest BCUT2D eigenvalue weighted by atomic mass is 9.73. The van der Waals surface area contributed by atoms with E-state index in [0.717, 1.165) is 64.8 Å². The van der Waals surface area contributed by atoms with E-state index in [1.807, 2.05) is 24.5 Å². The SMILES string of the molecule is CN1CCC2(CC1)CC(=O)c1ccc(-c3c[nH]c4ncc(-c5ccccc5)cc34)cc12. The summed E-state index contributed by atoms with van der Waals surface area (Å²) in [7, 11) is 2.17. The number of carbonyl (C=O) groups excluding carboxylic acids is 1. The number of hydrogen-bond donors (Lipinski definition) is 1. The molecule has 4 nitrogen and oxygen atoms in total. The van der Waals surface area contributed by atoms with Crippen LogP contribution < -0.4 is 0 Å². The van der Waals surface area contributed by atoms with Gasteiger partial charge in [-0.3, -0.25) is 4.79 Å². The molecule has 4 aromatic rings. The van der Waals surface area contributed by atoms with Gasteiger partial charge < -0.3 is 9.88 Å². The molecule has 1 saturated heterocycles. The van der Waals surface area contributed by atoms with Gasteiger partial charge >= 0.3 is 0 Å². The molecule has 0 unspecified atom stereocenters. The van der Waals surface area contributed by atoms with Crippen molar-refractivity contribution in [2.75, 3.05) is 20.1 Å². The summed E-state index contributed by atoms with van der Waals surface area (Å²) in [5.41, 5.74) is 7.65. The van der Waals surface area contributed by atoms with E-state index in [-0.39, 0.29) is 5.41 Å². The molecule has 0 atom stereocenters. The number of carbonyl (C=O) groups is 1. The summed E-state index contributed by atoms with van der Waals surface area (Å²) in [5.74, 6) is 0.304. The van der Waals surface area contributed by atoms with Crippen molar-refractivity contribution in [2.45, 2.75) is 24.7 Å². The third kappa shape index (κ3) is 2.94. The first-order valence-corrected chi connectivity index (χ1v) is 11.0. The van der Waals surface area contributed by atoms with Crippen molar-refractivity contribution >= 4 is 16.8 Å². The van der Waals surface area contributed by atoms with Crippen LogP contribution in [0, 0.1) is 0 Å². The number of piperidine rings is 1. The normalized spacial score (nSPS) is 18.0. The first-order chi connectivity index (χ1) is 15.1. The van der Waals surface area contributed by atoms with Crippen LogP contribution in [0.3, 0.4) is 0 Å². The van der Waals surface area contributed by atoms with Crippen molar-refractivity contribution in [3.63, 3.8) is 0 Å². The lowest BCUT2D eigenvalue weighted by Gasteiger charge is -2.38. The third-order valence-electron chi connectivity index (χ3n) is 7.28. The van der Waals surface area contributed by atoms with Gasteiger partial charge in [-0.1, -0.05) is 42.5 Å². The van der Waals surface area contributed by atoms with Crippen molar-refractivity contribution < 1.29 is 4.79 Å². The van der Waals surface area contributed by atoms with Gasteiger partial charge in [0.2, 0.25) is 0 Å². The van der Waals surface area contributed by atoms with Crippen LogP contribution in [0.2, 0.25) is 0 Å². The minimum atomic E-state index is 0.00843. The van der Waals surface area contributed by atoms with Gasteiger partial charge in [0.15, 0.2) is 5.78 Å². The number of H-pyrrole nitrogens is 1. The number of ketones is 1. The molecule has 1 aliphatic heterocycles. The summed E-state index contributed by atoms with van der Waals surface area (Å²) in [6.45, 7) is 2.10. The monoisotopic (exact) mass is 407 g/mol. The van der Waals surface area contributed by atoms with Crippen LogP contribution in [-0.2, 0) is 5.41 Å². The topological polar surface area (TPSA) is 49.0 Å². The number of aromatic nitrogens is 2. The Morgan fingerprint density at radius 1 is 0.935 bits per heavy atom. The molecule has 2 aliphatic rings. The molecule has 31 heavy (non-hydrogen) atoms. The molecule has 1 fully saturated rings. The number of hydrogen-bond acceptors (Lipinski definition) is 3. The maximum absolute atomic E-state index is 12.8. The highest BCUT2D eigenvalue weighted by Crippen LogP contribution is 2.47. The van der Waals surface area contributed by atoms with Gasteiger partial charge in [0.05, 0.1) is 0 Å². The van der Waals surface area contributed by atoms with Crippen LogP contribution in [-0.4, -0.2) is 40.8 Å². The predicted octanol–water partition coefficient (Wildman–Crippen LogP) is 5.45. The molecule has 1 N–H and O–H groups in total. The molecule has 0 saturated carbocycles. The highest BCUT2D eigenvalue weighted by Gasteiger charge is 2.44. The number of benzene rings is 2. The average Bonchev–Trinajstić information content (AvgIpc) is 3.35. The quantitative estimate of drug-likeness (QED) is 0.481. The standard InChI is InChI=1S/C27H25N3O/c1-30-11-9-27(10-12-30)15-25(31)21-8-7-19(14-24(21)27)23-17-29-26-22(23)13-20(16-28-26)18-5-3-2-4-6-18/h2-8,13-14,16-17H,9-12,15H2,1H3,(H,28,29). The zero-order chi connectivity index (χ0) is 21.0. The van der Waals surface area contributed by atoms with Gasteiger partial charge in [-0.15, -0.1) is 0 Å². The number of rotatable bonds is 2. The summed E-state index contributed by atoms with van der Waals surface area (Å²) in [5, 5.41) is 1.11. The molecule has 2 aromatic heterocycles. The fraction of sp³-hybridized carbons (Fsp3) is 0.259. The third-order valence-corrected chi connectivity index (χ3v) is 7.28. The Balaban J connectivity index is 1.46. The molecule has 4 heteroatoms. The number of nitrogens with zero attached hydrogens (tertiary/aromatic N) is 2. The van der Waals surface area contributed by atoms with Crippen LogP contribution in [0.1, 0.15) is 35.2 Å². The van der Waals surface area contributed by atoms with E-state index in [0.29, 0.717) is 12.2 Å². The number of likely N-dealkylation sites (tertiary alicyclic amines) is 1. The second-order valence-electron chi connectivity index (χ2n) is 9.13. The van der Waals surface area contributed by atoms with E-state index in [2.05, 4.69) is 64.4 Å². The van der Waals surface area contributed by atoms with Crippen molar-refractivity contribution in [1.29, 1.82) is 0 Å². The Labute approximate surface area is 181 Å². The van der Waals surface area contributed by atoms with Crippen molar-refractivity contribution in [1.82, 2.24) is 14.9 Å². The van der Waals surface area contributed by atoms with E-state index >= 15 is 0 Å². The Hall–Kier alpha value is -3.24. The summed E-state index contributed by atoms with van der Waals surface area (Å²) < 4.78 is 0. The molecule has 6 rings (SSSR count). The van der Waals surface area contributed by atoms with E-state index in [4.69, 9.17) is 0 Å². The lowest BCUT2D eigenvalue weighted by molar-refractivity contribution is 0.0945. The number of nitrogens with one attached hydrogen (secondary N) is 1. The minimum absolute atomic E-state index is 0.00843. The summed E-state index contributed by atoms with van der Waals surface area (Å²) >= 11 is 0. The van der Waals surface area contributed by atoms with Gasteiger partial charge in [0.25, 0.3) is 0 Å². The maximum atomic E-state index is 12.8. The zero-order valence-corrected chi connectivity index (χ0v) is 17.7. The molecule has 154 valence electrons. The molecular weight excluding hydrogens is 382 g/mol. The first-order valence-electron chi connectivity index (χ1n) is 11.0. The van der Waals surface area contributed by atoms with Crippen molar-refractivity contribution in [2.24, 2.45) is 0 Å². The van der Waals surface area contributed by atoms with Crippen LogP contribution in [0.5, 0.6) is 0 Å². The van der Waals surface area contributed by atoms with E-state index < -0.39 is 0 Å². The number of aromatic amines is 1. The summed E-state index contributed by atoms with van der Waals surface area (Å²) in [6, 6.07) is 19.0. The average molecular weight is 408 g/mol.